The Bertz CT molecular complexity index is 446. The van der Waals surface area contributed by atoms with E-state index in [-0.39, 0.29) is 11.9 Å². The van der Waals surface area contributed by atoms with Crippen LogP contribution in [0.15, 0.2) is 24.3 Å². The van der Waals surface area contributed by atoms with Crippen molar-refractivity contribution in [3.63, 3.8) is 0 Å². The Morgan fingerprint density at radius 3 is 2.78 bits per heavy atom. The van der Waals surface area contributed by atoms with Crippen LogP contribution in [0.25, 0.3) is 0 Å². The van der Waals surface area contributed by atoms with Crippen molar-refractivity contribution in [2.75, 3.05) is 25.0 Å². The SMILES string of the molecule is Cc1cccc(N2CC(C)N(C)C(CN)C2=O)c1. The van der Waals surface area contributed by atoms with Crippen molar-refractivity contribution in [3.05, 3.63) is 29.8 Å². The number of hydrogen-bond donors (Lipinski definition) is 1. The summed E-state index contributed by atoms with van der Waals surface area (Å²) in [5.74, 6) is 0.101. The number of carbonyl (C=O) groups is 1. The fourth-order valence-electron chi connectivity index (χ4n) is 2.44. The van der Waals surface area contributed by atoms with Gasteiger partial charge in [0.05, 0.1) is 0 Å². The molecule has 1 aromatic carbocycles. The van der Waals surface area contributed by atoms with Crippen LogP contribution in [0.3, 0.4) is 0 Å². The lowest BCUT2D eigenvalue weighted by molar-refractivity contribution is -0.126. The Labute approximate surface area is 108 Å². The molecule has 1 amide bonds. The van der Waals surface area contributed by atoms with Crippen molar-refractivity contribution >= 4 is 11.6 Å². The average Bonchev–Trinajstić information content (AvgIpc) is 2.34. The van der Waals surface area contributed by atoms with Crippen LogP contribution in [0.2, 0.25) is 0 Å². The number of hydrogen-bond acceptors (Lipinski definition) is 3. The summed E-state index contributed by atoms with van der Waals surface area (Å²) in [7, 11) is 1.97. The molecule has 1 aliphatic rings. The molecular weight excluding hydrogens is 226 g/mol. The summed E-state index contributed by atoms with van der Waals surface area (Å²) in [6, 6.07) is 8.15. The van der Waals surface area contributed by atoms with Gasteiger partial charge < -0.3 is 10.6 Å². The van der Waals surface area contributed by atoms with Crippen LogP contribution in [0, 0.1) is 6.92 Å². The van der Waals surface area contributed by atoms with Crippen LogP contribution < -0.4 is 10.6 Å². The lowest BCUT2D eigenvalue weighted by Crippen LogP contribution is -2.62. The van der Waals surface area contributed by atoms with Crippen LogP contribution >= 0.6 is 0 Å². The summed E-state index contributed by atoms with van der Waals surface area (Å²) in [4.78, 5) is 16.3. The molecule has 4 nitrogen and oxygen atoms in total. The largest absolute Gasteiger partial charge is 0.328 e. The van der Waals surface area contributed by atoms with Crippen molar-refractivity contribution < 1.29 is 4.79 Å². The average molecular weight is 247 g/mol. The van der Waals surface area contributed by atoms with Gasteiger partial charge in [-0.05, 0) is 38.6 Å². The number of aryl methyl sites for hydroxylation is 1. The van der Waals surface area contributed by atoms with E-state index in [0.29, 0.717) is 12.6 Å². The van der Waals surface area contributed by atoms with Crippen molar-refractivity contribution in [2.24, 2.45) is 5.73 Å². The number of amides is 1. The maximum absolute atomic E-state index is 12.4. The molecule has 2 rings (SSSR count). The monoisotopic (exact) mass is 247 g/mol. The highest BCUT2D eigenvalue weighted by molar-refractivity contribution is 5.98. The molecule has 1 fully saturated rings. The van der Waals surface area contributed by atoms with E-state index in [0.717, 1.165) is 17.8 Å². The second kappa shape index (κ2) is 5.08. The Morgan fingerprint density at radius 1 is 1.44 bits per heavy atom. The lowest BCUT2D eigenvalue weighted by Gasteiger charge is -2.42. The summed E-state index contributed by atoms with van der Waals surface area (Å²) >= 11 is 0. The Kier molecular flexibility index (Phi) is 3.68. The molecule has 98 valence electrons. The van der Waals surface area contributed by atoms with E-state index in [9.17, 15) is 4.79 Å². The fraction of sp³-hybridized carbons (Fsp3) is 0.500. The number of benzene rings is 1. The van der Waals surface area contributed by atoms with Crippen LogP contribution in [0.1, 0.15) is 12.5 Å². The highest BCUT2D eigenvalue weighted by Crippen LogP contribution is 2.23. The first-order chi connectivity index (χ1) is 8.54. The number of nitrogens with zero attached hydrogens (tertiary/aromatic N) is 2. The van der Waals surface area contributed by atoms with Gasteiger partial charge in [0.1, 0.15) is 6.04 Å². The summed E-state index contributed by atoms with van der Waals surface area (Å²) in [6.45, 7) is 5.24. The molecule has 0 aromatic heterocycles. The molecule has 18 heavy (non-hydrogen) atoms. The van der Waals surface area contributed by atoms with Gasteiger partial charge in [-0.2, -0.15) is 0 Å². The van der Waals surface area contributed by atoms with Gasteiger partial charge >= 0.3 is 0 Å². The zero-order chi connectivity index (χ0) is 13.3. The van der Waals surface area contributed by atoms with Gasteiger partial charge in [-0.1, -0.05) is 12.1 Å². The highest BCUT2D eigenvalue weighted by atomic mass is 16.2. The molecule has 4 heteroatoms. The lowest BCUT2D eigenvalue weighted by atomic mass is 10.1. The Morgan fingerprint density at radius 2 is 2.17 bits per heavy atom. The van der Waals surface area contributed by atoms with Crippen LogP contribution in [-0.4, -0.2) is 43.0 Å². The molecule has 1 aliphatic heterocycles. The Balaban J connectivity index is 2.31. The van der Waals surface area contributed by atoms with E-state index >= 15 is 0 Å². The summed E-state index contributed by atoms with van der Waals surface area (Å²) in [6.07, 6.45) is 0. The first-order valence-corrected chi connectivity index (χ1v) is 6.34. The van der Waals surface area contributed by atoms with E-state index < -0.39 is 0 Å². The van der Waals surface area contributed by atoms with Crippen LogP contribution in [0.5, 0.6) is 0 Å². The maximum Gasteiger partial charge on any atom is 0.245 e. The summed E-state index contributed by atoms with van der Waals surface area (Å²) in [5, 5.41) is 0. The van der Waals surface area contributed by atoms with Gasteiger partial charge in [0.25, 0.3) is 0 Å². The van der Waals surface area contributed by atoms with Gasteiger partial charge in [0.2, 0.25) is 5.91 Å². The molecule has 1 saturated heterocycles. The minimum absolute atomic E-state index is 0.101. The molecule has 2 unspecified atom stereocenters. The number of anilines is 1. The third kappa shape index (κ3) is 2.26. The van der Waals surface area contributed by atoms with E-state index in [4.69, 9.17) is 5.73 Å². The van der Waals surface area contributed by atoms with Gasteiger partial charge in [-0.15, -0.1) is 0 Å². The van der Waals surface area contributed by atoms with Gasteiger partial charge in [-0.3, -0.25) is 9.69 Å². The van der Waals surface area contributed by atoms with Crippen molar-refractivity contribution in [1.82, 2.24) is 4.90 Å². The van der Waals surface area contributed by atoms with Crippen molar-refractivity contribution in [3.8, 4) is 0 Å². The summed E-state index contributed by atoms with van der Waals surface area (Å²) < 4.78 is 0. The molecule has 1 aromatic rings. The van der Waals surface area contributed by atoms with Crippen molar-refractivity contribution in [2.45, 2.75) is 25.9 Å². The first kappa shape index (κ1) is 13.1. The molecule has 0 radical (unpaired) electrons. The van der Waals surface area contributed by atoms with Crippen LogP contribution in [0.4, 0.5) is 5.69 Å². The maximum atomic E-state index is 12.4. The standard InChI is InChI=1S/C14H21N3O/c1-10-5-4-6-12(7-10)17-9-11(2)16(3)13(8-15)14(17)18/h4-7,11,13H,8-9,15H2,1-3H3. The van der Waals surface area contributed by atoms with Crippen LogP contribution in [-0.2, 0) is 4.79 Å². The van der Waals surface area contributed by atoms with E-state index in [1.807, 2.05) is 43.1 Å². The van der Waals surface area contributed by atoms with Gasteiger partial charge in [0, 0.05) is 24.8 Å². The minimum atomic E-state index is -0.214. The second-order valence-corrected chi connectivity index (χ2v) is 5.05. The number of nitrogens with two attached hydrogens (primary N) is 1. The smallest absolute Gasteiger partial charge is 0.245 e. The molecular formula is C14H21N3O. The summed E-state index contributed by atoms with van der Waals surface area (Å²) in [5.41, 5.74) is 7.86. The third-order valence-electron chi connectivity index (χ3n) is 3.72. The zero-order valence-corrected chi connectivity index (χ0v) is 11.3. The second-order valence-electron chi connectivity index (χ2n) is 5.05. The Hall–Kier alpha value is -1.39. The molecule has 0 saturated carbocycles. The quantitative estimate of drug-likeness (QED) is 0.848. The minimum Gasteiger partial charge on any atom is -0.328 e. The molecule has 0 spiro atoms. The predicted molar refractivity (Wildman–Crippen MR) is 73.6 cm³/mol. The molecule has 1 heterocycles. The number of likely N-dealkylation sites (N-methyl/N-ethyl adjacent to an activating group) is 1. The van der Waals surface area contributed by atoms with Gasteiger partial charge in [0.15, 0.2) is 0 Å². The molecule has 0 bridgehead atoms. The number of rotatable bonds is 2. The highest BCUT2D eigenvalue weighted by Gasteiger charge is 2.36. The normalized spacial score (nSPS) is 25.6. The molecule has 2 atom stereocenters. The van der Waals surface area contributed by atoms with Crippen molar-refractivity contribution in [1.29, 1.82) is 0 Å². The molecule has 0 aliphatic carbocycles. The zero-order valence-electron chi connectivity index (χ0n) is 11.3. The van der Waals surface area contributed by atoms with E-state index in [2.05, 4.69) is 11.8 Å². The number of carbonyl (C=O) groups excluding carboxylic acids is 1. The van der Waals surface area contributed by atoms with Gasteiger partial charge in [-0.25, -0.2) is 0 Å². The molecule has 2 N–H and O–H groups in total. The predicted octanol–water partition coefficient (Wildman–Crippen LogP) is 0.989. The third-order valence-corrected chi connectivity index (χ3v) is 3.72. The topological polar surface area (TPSA) is 49.6 Å². The first-order valence-electron chi connectivity index (χ1n) is 6.34. The fourth-order valence-corrected chi connectivity index (χ4v) is 2.44. The number of piperazine rings is 1. The van der Waals surface area contributed by atoms with E-state index in [1.165, 1.54) is 0 Å². The van der Waals surface area contributed by atoms with E-state index in [1.54, 1.807) is 0 Å².